The second kappa shape index (κ2) is 4.30. The molecule has 0 amide bonds. The van der Waals surface area contributed by atoms with Crippen LogP contribution in [0.25, 0.3) is 5.32 Å². The summed E-state index contributed by atoms with van der Waals surface area (Å²) in [7, 11) is -1.32. The van der Waals surface area contributed by atoms with E-state index in [1.54, 1.807) is 0 Å². The molecule has 0 aromatic heterocycles. The van der Waals surface area contributed by atoms with Gasteiger partial charge in [-0.1, -0.05) is 69.9 Å². The van der Waals surface area contributed by atoms with Gasteiger partial charge in [0.05, 0.1) is 14.7 Å². The second-order valence-electron chi connectivity index (χ2n) is 7.23. The van der Waals surface area contributed by atoms with Gasteiger partial charge in [-0.3, -0.25) is 0 Å². The number of allylic oxidation sites excluding steroid dienone is 5. The lowest BCUT2D eigenvalue weighted by atomic mass is 9.88. The molecule has 1 aliphatic heterocycles. The van der Waals surface area contributed by atoms with E-state index < -0.39 is 8.07 Å². The molecule has 0 aromatic carbocycles. The number of hydrogen-bond donors (Lipinski definition) is 0. The summed E-state index contributed by atoms with van der Waals surface area (Å²) in [5.41, 5.74) is 1.40. The fourth-order valence-electron chi connectivity index (χ4n) is 2.23. The summed E-state index contributed by atoms with van der Waals surface area (Å²) < 4.78 is 5.84. The number of nitrogens with zero attached hydrogens (tertiary/aromatic N) is 1. The first kappa shape index (κ1) is 13.5. The normalized spacial score (nSPS) is 28.1. The first-order chi connectivity index (χ1) is 8.19. The van der Waals surface area contributed by atoms with Crippen LogP contribution < -0.4 is 0 Å². The Kier molecular flexibility index (Phi) is 3.22. The molecule has 2 aliphatic rings. The average molecular weight is 262 g/mol. The van der Waals surface area contributed by atoms with E-state index in [-0.39, 0.29) is 11.5 Å². The van der Waals surface area contributed by atoms with Crippen LogP contribution in [0.1, 0.15) is 20.8 Å². The van der Waals surface area contributed by atoms with E-state index in [0.29, 0.717) is 0 Å². The molecule has 1 fully saturated rings. The molecule has 2 rings (SSSR count). The second-order valence-corrected chi connectivity index (χ2v) is 12.3. The predicted molar refractivity (Wildman–Crippen MR) is 80.1 cm³/mol. The SMILES string of the molecule is CC(C)(C)C1COC(=C2C=CC=C2[Si](C)(C)C)[N-]1. The zero-order chi connectivity index (χ0) is 13.6. The standard InChI is InChI=1S/C15H24NOSi/c1-15(2,3)13-10-17-14(16-13)11-8-7-9-12(11)18(4,5)6/h7-9,13H,10H2,1-6H3/q-1. The van der Waals surface area contributed by atoms with Crippen LogP contribution in [-0.2, 0) is 4.74 Å². The first-order valence-corrected chi connectivity index (χ1v) is 10.2. The van der Waals surface area contributed by atoms with Gasteiger partial charge in [-0.15, -0.1) is 0 Å². The molecule has 1 heterocycles. The Morgan fingerprint density at radius 1 is 1.28 bits per heavy atom. The predicted octanol–water partition coefficient (Wildman–Crippen LogP) is 4.39. The van der Waals surface area contributed by atoms with Gasteiger partial charge in [0.25, 0.3) is 0 Å². The highest BCUT2D eigenvalue weighted by Crippen LogP contribution is 2.40. The fraction of sp³-hybridized carbons (Fsp3) is 0.600. The van der Waals surface area contributed by atoms with Gasteiger partial charge in [-0.2, -0.15) is 0 Å². The van der Waals surface area contributed by atoms with Crippen LogP contribution in [0, 0.1) is 5.41 Å². The first-order valence-electron chi connectivity index (χ1n) is 6.67. The van der Waals surface area contributed by atoms with Crippen molar-refractivity contribution in [2.45, 2.75) is 46.5 Å². The summed E-state index contributed by atoms with van der Waals surface area (Å²) in [5.74, 6) is 0.859. The van der Waals surface area contributed by atoms with Gasteiger partial charge in [0, 0.05) is 5.88 Å². The van der Waals surface area contributed by atoms with E-state index in [4.69, 9.17) is 10.1 Å². The molecular weight excluding hydrogens is 238 g/mol. The van der Waals surface area contributed by atoms with Gasteiger partial charge in [-0.25, -0.2) is 0 Å². The molecule has 0 saturated carbocycles. The smallest absolute Gasteiger partial charge is 0.0784 e. The maximum Gasteiger partial charge on any atom is 0.0784 e. The quantitative estimate of drug-likeness (QED) is 0.643. The van der Waals surface area contributed by atoms with Gasteiger partial charge in [0.15, 0.2) is 0 Å². The molecule has 1 unspecified atom stereocenters. The molecule has 1 atom stereocenters. The van der Waals surface area contributed by atoms with Crippen molar-refractivity contribution >= 4 is 8.07 Å². The molecule has 1 saturated heterocycles. The van der Waals surface area contributed by atoms with Gasteiger partial charge in [0.2, 0.25) is 0 Å². The van der Waals surface area contributed by atoms with Crippen LogP contribution in [0.5, 0.6) is 0 Å². The van der Waals surface area contributed by atoms with Gasteiger partial charge < -0.3 is 10.1 Å². The molecule has 0 spiro atoms. The molecule has 100 valence electrons. The summed E-state index contributed by atoms with van der Waals surface area (Å²) in [6.45, 7) is 14.5. The van der Waals surface area contributed by atoms with Crippen LogP contribution in [0.4, 0.5) is 0 Å². The van der Waals surface area contributed by atoms with Crippen LogP contribution in [0.3, 0.4) is 0 Å². The molecule has 0 N–H and O–H groups in total. The summed E-state index contributed by atoms with van der Waals surface area (Å²) >= 11 is 0. The Bertz CT molecular complexity index is 432. The third-order valence-corrected chi connectivity index (χ3v) is 5.56. The third kappa shape index (κ3) is 2.56. The van der Waals surface area contributed by atoms with Gasteiger partial charge >= 0.3 is 0 Å². The lowest BCUT2D eigenvalue weighted by Crippen LogP contribution is -2.25. The largest absolute Gasteiger partial charge is 0.648 e. The molecule has 0 aromatic rings. The molecule has 0 radical (unpaired) electrons. The van der Waals surface area contributed by atoms with Crippen molar-refractivity contribution < 1.29 is 4.74 Å². The van der Waals surface area contributed by atoms with E-state index in [0.717, 1.165) is 12.5 Å². The van der Waals surface area contributed by atoms with E-state index in [9.17, 15) is 0 Å². The van der Waals surface area contributed by atoms with Crippen LogP contribution in [0.15, 0.2) is 34.9 Å². The third-order valence-electron chi connectivity index (χ3n) is 3.51. The zero-order valence-electron chi connectivity index (χ0n) is 12.4. The number of hydrogen-bond acceptors (Lipinski definition) is 1. The average Bonchev–Trinajstić information content (AvgIpc) is 2.84. The number of rotatable bonds is 1. The molecule has 0 bridgehead atoms. The lowest BCUT2D eigenvalue weighted by Gasteiger charge is -2.35. The molecule has 3 heteroatoms. The Morgan fingerprint density at radius 2 is 1.94 bits per heavy atom. The highest BCUT2D eigenvalue weighted by molar-refractivity contribution is 6.84. The summed E-state index contributed by atoms with van der Waals surface area (Å²) in [6.07, 6.45) is 6.51. The Balaban J connectivity index is 2.25. The topological polar surface area (TPSA) is 23.3 Å². The minimum absolute atomic E-state index is 0.174. The van der Waals surface area contributed by atoms with Crippen molar-refractivity contribution in [3.63, 3.8) is 0 Å². The maximum absolute atomic E-state index is 5.84. The lowest BCUT2D eigenvalue weighted by molar-refractivity contribution is 0.216. The maximum atomic E-state index is 5.84. The Morgan fingerprint density at radius 3 is 2.44 bits per heavy atom. The van der Waals surface area contributed by atoms with Crippen LogP contribution in [-0.4, -0.2) is 20.7 Å². The van der Waals surface area contributed by atoms with Gasteiger partial charge in [0.1, 0.15) is 0 Å². The van der Waals surface area contributed by atoms with Gasteiger partial charge in [-0.05, 0) is 11.0 Å². The van der Waals surface area contributed by atoms with E-state index in [2.05, 4.69) is 58.6 Å². The summed E-state index contributed by atoms with van der Waals surface area (Å²) in [6, 6.07) is 0.275. The monoisotopic (exact) mass is 262 g/mol. The highest BCUT2D eigenvalue weighted by atomic mass is 28.3. The fourth-order valence-corrected chi connectivity index (χ4v) is 3.82. The number of ether oxygens (including phenoxy) is 1. The Hall–Kier alpha value is -0.963. The highest BCUT2D eigenvalue weighted by Gasteiger charge is 2.28. The van der Waals surface area contributed by atoms with Crippen molar-refractivity contribution in [2.75, 3.05) is 6.61 Å². The van der Waals surface area contributed by atoms with Crippen molar-refractivity contribution in [1.29, 1.82) is 0 Å². The minimum Gasteiger partial charge on any atom is -0.648 e. The van der Waals surface area contributed by atoms with Crippen molar-refractivity contribution in [1.82, 2.24) is 0 Å². The molecule has 2 nitrogen and oxygen atoms in total. The van der Waals surface area contributed by atoms with E-state index >= 15 is 0 Å². The zero-order valence-corrected chi connectivity index (χ0v) is 13.4. The molecule has 1 aliphatic carbocycles. The van der Waals surface area contributed by atoms with Crippen molar-refractivity contribution in [2.24, 2.45) is 5.41 Å². The van der Waals surface area contributed by atoms with Crippen molar-refractivity contribution in [3.05, 3.63) is 40.2 Å². The summed E-state index contributed by atoms with van der Waals surface area (Å²) in [4.78, 5) is 0. The van der Waals surface area contributed by atoms with Crippen LogP contribution >= 0.6 is 0 Å². The van der Waals surface area contributed by atoms with Crippen molar-refractivity contribution in [3.8, 4) is 0 Å². The van der Waals surface area contributed by atoms with Crippen LogP contribution in [0.2, 0.25) is 19.6 Å². The Labute approximate surface area is 112 Å². The summed E-state index contributed by atoms with van der Waals surface area (Å²) in [5, 5.41) is 6.25. The molecule has 18 heavy (non-hydrogen) atoms. The van der Waals surface area contributed by atoms with E-state index in [1.807, 2.05) is 0 Å². The minimum atomic E-state index is -1.32. The molecular formula is C15H24NOSi-. The van der Waals surface area contributed by atoms with E-state index in [1.165, 1.54) is 10.8 Å².